The lowest BCUT2D eigenvalue weighted by atomic mass is 10.0. The van der Waals surface area contributed by atoms with Gasteiger partial charge in [-0.05, 0) is 28.8 Å². The predicted octanol–water partition coefficient (Wildman–Crippen LogP) is 3.36. The Hall–Kier alpha value is -2.09. The first-order valence-corrected chi connectivity index (χ1v) is 5.08. The molecule has 2 nitrogen and oxygen atoms in total. The normalized spacial score (nSPS) is 9.81. The lowest BCUT2D eigenvalue weighted by Gasteiger charge is -2.04. The highest BCUT2D eigenvalue weighted by Crippen LogP contribution is 2.22. The van der Waals surface area contributed by atoms with Gasteiger partial charge in [-0.1, -0.05) is 36.4 Å². The molecule has 0 amide bonds. The van der Waals surface area contributed by atoms with Crippen LogP contribution < -0.4 is 4.74 Å². The van der Waals surface area contributed by atoms with E-state index in [9.17, 15) is 0 Å². The monoisotopic (exact) mass is 211 g/mol. The zero-order valence-corrected chi connectivity index (χ0v) is 9.10. The molecular weight excluding hydrogens is 198 g/mol. The number of hydrogen-bond acceptors (Lipinski definition) is 2. The summed E-state index contributed by atoms with van der Waals surface area (Å²) in [6.45, 7) is 0. The fourth-order valence-corrected chi connectivity index (χ4v) is 1.56. The molecule has 0 spiro atoms. The number of nitrogens with one attached hydrogen (secondary N) is 1. The number of ether oxygens (including phenoxy) is 1. The number of rotatable bonds is 3. The van der Waals surface area contributed by atoms with Gasteiger partial charge < -0.3 is 10.1 Å². The third-order valence-electron chi connectivity index (χ3n) is 2.50. The third-order valence-corrected chi connectivity index (χ3v) is 2.50. The van der Waals surface area contributed by atoms with Gasteiger partial charge in [0, 0.05) is 6.21 Å². The van der Waals surface area contributed by atoms with Crippen LogP contribution in [-0.2, 0) is 0 Å². The highest BCUT2D eigenvalue weighted by atomic mass is 16.5. The van der Waals surface area contributed by atoms with Crippen LogP contribution in [0.2, 0.25) is 0 Å². The van der Waals surface area contributed by atoms with E-state index in [1.165, 1.54) is 6.21 Å². The summed E-state index contributed by atoms with van der Waals surface area (Å²) in [5.74, 6) is 0.861. The van der Waals surface area contributed by atoms with Gasteiger partial charge in [-0.15, -0.1) is 0 Å². The Labute approximate surface area is 95.0 Å². The first-order chi connectivity index (χ1) is 7.83. The third kappa shape index (κ3) is 2.11. The molecule has 80 valence electrons. The molecule has 2 aromatic carbocycles. The van der Waals surface area contributed by atoms with Crippen LogP contribution in [0.1, 0.15) is 5.56 Å². The Bertz CT molecular complexity index is 471. The molecule has 2 rings (SSSR count). The van der Waals surface area contributed by atoms with Crippen LogP contribution in [0.3, 0.4) is 0 Å². The largest absolute Gasteiger partial charge is 0.497 e. The number of benzene rings is 2. The molecule has 0 aromatic heterocycles. The molecule has 0 aliphatic heterocycles. The molecule has 0 atom stereocenters. The molecule has 16 heavy (non-hydrogen) atoms. The fraction of sp³-hybridized carbons (Fsp3) is 0.0714. The lowest BCUT2D eigenvalue weighted by Crippen LogP contribution is -1.83. The second-order valence-corrected chi connectivity index (χ2v) is 3.49. The smallest absolute Gasteiger partial charge is 0.118 e. The minimum atomic E-state index is 0.861. The van der Waals surface area contributed by atoms with E-state index in [2.05, 4.69) is 0 Å². The van der Waals surface area contributed by atoms with Crippen molar-refractivity contribution in [2.75, 3.05) is 7.11 Å². The average Bonchev–Trinajstić information content (AvgIpc) is 2.39. The Kier molecular flexibility index (Phi) is 3.01. The van der Waals surface area contributed by atoms with E-state index < -0.39 is 0 Å². The number of hydrogen-bond donors (Lipinski definition) is 1. The van der Waals surface area contributed by atoms with E-state index in [1.54, 1.807) is 7.11 Å². The molecule has 0 unspecified atom stereocenters. The summed E-state index contributed by atoms with van der Waals surface area (Å²) in [6, 6.07) is 15.8. The van der Waals surface area contributed by atoms with Crippen LogP contribution in [-0.4, -0.2) is 13.3 Å². The lowest BCUT2D eigenvalue weighted by molar-refractivity contribution is 0.415. The van der Waals surface area contributed by atoms with E-state index in [1.807, 2.05) is 48.5 Å². The quantitative estimate of drug-likeness (QED) is 0.776. The van der Waals surface area contributed by atoms with Crippen molar-refractivity contribution in [2.24, 2.45) is 0 Å². The Morgan fingerprint density at radius 1 is 0.875 bits per heavy atom. The van der Waals surface area contributed by atoms with E-state index in [4.69, 9.17) is 10.1 Å². The molecule has 0 saturated carbocycles. The molecule has 0 saturated heterocycles. The first-order valence-electron chi connectivity index (χ1n) is 5.08. The van der Waals surface area contributed by atoms with Crippen LogP contribution in [0.15, 0.2) is 48.5 Å². The van der Waals surface area contributed by atoms with Crippen LogP contribution in [0.4, 0.5) is 0 Å². The molecule has 0 aliphatic rings. The maximum Gasteiger partial charge on any atom is 0.118 e. The summed E-state index contributed by atoms with van der Waals surface area (Å²) in [5.41, 5.74) is 3.21. The Morgan fingerprint density at radius 2 is 1.38 bits per heavy atom. The molecule has 0 heterocycles. The van der Waals surface area contributed by atoms with Gasteiger partial charge in [-0.25, -0.2) is 0 Å². The van der Waals surface area contributed by atoms with Crippen LogP contribution in [0.25, 0.3) is 11.1 Å². The van der Waals surface area contributed by atoms with Gasteiger partial charge in [-0.3, -0.25) is 0 Å². The van der Waals surface area contributed by atoms with Crippen molar-refractivity contribution in [1.29, 1.82) is 5.41 Å². The molecular formula is C14H13NO. The maximum absolute atomic E-state index is 7.13. The minimum absolute atomic E-state index is 0.861. The van der Waals surface area contributed by atoms with Gasteiger partial charge >= 0.3 is 0 Å². The van der Waals surface area contributed by atoms with Gasteiger partial charge in [0.05, 0.1) is 7.11 Å². The van der Waals surface area contributed by atoms with Gasteiger partial charge in [0.2, 0.25) is 0 Å². The average molecular weight is 211 g/mol. The van der Waals surface area contributed by atoms with Crippen LogP contribution >= 0.6 is 0 Å². The molecule has 0 bridgehead atoms. The molecule has 2 aromatic rings. The molecule has 0 fully saturated rings. The van der Waals surface area contributed by atoms with E-state index in [-0.39, 0.29) is 0 Å². The van der Waals surface area contributed by atoms with E-state index in [0.29, 0.717) is 0 Å². The van der Waals surface area contributed by atoms with Gasteiger partial charge in [-0.2, -0.15) is 0 Å². The first kappa shape index (κ1) is 10.4. The summed E-state index contributed by atoms with van der Waals surface area (Å²) in [4.78, 5) is 0. The van der Waals surface area contributed by atoms with E-state index in [0.717, 1.165) is 22.4 Å². The van der Waals surface area contributed by atoms with Gasteiger partial charge in [0.25, 0.3) is 0 Å². The van der Waals surface area contributed by atoms with Crippen molar-refractivity contribution >= 4 is 6.21 Å². The minimum Gasteiger partial charge on any atom is -0.497 e. The predicted molar refractivity (Wildman–Crippen MR) is 66.3 cm³/mol. The SMILES string of the molecule is COc1ccc(-c2ccc(C=N)cc2)cc1. The Morgan fingerprint density at radius 3 is 1.81 bits per heavy atom. The van der Waals surface area contributed by atoms with Crippen molar-refractivity contribution in [3.8, 4) is 16.9 Å². The molecule has 0 radical (unpaired) electrons. The highest BCUT2D eigenvalue weighted by molar-refractivity contribution is 5.78. The van der Waals surface area contributed by atoms with Crippen molar-refractivity contribution in [2.45, 2.75) is 0 Å². The summed E-state index contributed by atoms with van der Waals surface area (Å²) < 4.78 is 5.11. The standard InChI is InChI=1S/C14H13NO/c1-16-14-8-6-13(7-9-14)12-4-2-11(10-15)3-5-12/h2-10,15H,1H3. The topological polar surface area (TPSA) is 33.1 Å². The Balaban J connectivity index is 2.31. The summed E-state index contributed by atoms with van der Waals surface area (Å²) in [5, 5.41) is 7.13. The number of methoxy groups -OCH3 is 1. The second kappa shape index (κ2) is 4.62. The van der Waals surface area contributed by atoms with E-state index >= 15 is 0 Å². The van der Waals surface area contributed by atoms with Crippen molar-refractivity contribution in [3.63, 3.8) is 0 Å². The molecule has 2 heteroatoms. The van der Waals surface area contributed by atoms with Crippen LogP contribution in [0.5, 0.6) is 5.75 Å². The summed E-state index contributed by atoms with van der Waals surface area (Å²) >= 11 is 0. The molecule has 1 N–H and O–H groups in total. The summed E-state index contributed by atoms with van der Waals surface area (Å²) in [6.07, 6.45) is 1.35. The second-order valence-electron chi connectivity index (χ2n) is 3.49. The summed E-state index contributed by atoms with van der Waals surface area (Å²) in [7, 11) is 1.66. The zero-order chi connectivity index (χ0) is 11.4. The zero-order valence-electron chi connectivity index (χ0n) is 9.10. The maximum atomic E-state index is 7.13. The van der Waals surface area contributed by atoms with Crippen molar-refractivity contribution < 1.29 is 4.74 Å². The van der Waals surface area contributed by atoms with Crippen molar-refractivity contribution in [1.82, 2.24) is 0 Å². The van der Waals surface area contributed by atoms with Crippen LogP contribution in [0, 0.1) is 5.41 Å². The van der Waals surface area contributed by atoms with Crippen molar-refractivity contribution in [3.05, 3.63) is 54.1 Å². The highest BCUT2D eigenvalue weighted by Gasteiger charge is 1.97. The fourth-order valence-electron chi connectivity index (χ4n) is 1.56. The molecule has 0 aliphatic carbocycles. The van der Waals surface area contributed by atoms with Gasteiger partial charge in [0.15, 0.2) is 0 Å². The van der Waals surface area contributed by atoms with Gasteiger partial charge in [0.1, 0.15) is 5.75 Å².